The third kappa shape index (κ3) is 5.28. The first-order valence-corrected chi connectivity index (χ1v) is 13.9. The van der Waals surface area contributed by atoms with Crippen LogP contribution in [0.4, 0.5) is 5.69 Å². The maximum Gasteiger partial charge on any atom is 0.337 e. The van der Waals surface area contributed by atoms with Crippen LogP contribution in [-0.4, -0.2) is 53.1 Å². The minimum atomic E-state index is -3.83. The Hall–Kier alpha value is -3.20. The number of benzene rings is 1. The molecule has 200 valence electrons. The van der Waals surface area contributed by atoms with Gasteiger partial charge in [0.15, 0.2) is 0 Å². The summed E-state index contributed by atoms with van der Waals surface area (Å²) in [7, 11) is -2.47. The van der Waals surface area contributed by atoms with Crippen LogP contribution in [0.3, 0.4) is 0 Å². The number of rotatable bonds is 10. The normalized spacial score (nSPS) is 16.7. The molecule has 11 heteroatoms. The Kier molecular flexibility index (Phi) is 8.47. The Labute approximate surface area is 216 Å². The fourth-order valence-electron chi connectivity index (χ4n) is 4.67. The van der Waals surface area contributed by atoms with Crippen molar-refractivity contribution in [3.63, 3.8) is 0 Å². The molecule has 1 aliphatic rings. The summed E-state index contributed by atoms with van der Waals surface area (Å²) in [6.45, 7) is 10.8. The minimum Gasteiger partial charge on any atom is -0.478 e. The zero-order chi connectivity index (χ0) is 27.7. The molecule has 2 N–H and O–H groups in total. The van der Waals surface area contributed by atoms with Gasteiger partial charge in [-0.2, -0.15) is 0 Å². The van der Waals surface area contributed by atoms with Gasteiger partial charge in [-0.1, -0.05) is 18.2 Å². The van der Waals surface area contributed by atoms with Crippen LogP contribution in [0.25, 0.3) is 11.6 Å². The molecule has 2 heterocycles. The van der Waals surface area contributed by atoms with Crippen LogP contribution in [0.1, 0.15) is 60.6 Å². The highest BCUT2D eigenvalue weighted by atomic mass is 31.2. The summed E-state index contributed by atoms with van der Waals surface area (Å²) in [5.74, 6) is -2.19. The highest BCUT2D eigenvalue weighted by Crippen LogP contribution is 2.55. The second kappa shape index (κ2) is 11.0. The van der Waals surface area contributed by atoms with Crippen molar-refractivity contribution in [3.05, 3.63) is 52.3 Å². The number of carboxylic acids is 1. The van der Waals surface area contributed by atoms with Gasteiger partial charge in [-0.15, -0.1) is 0 Å². The monoisotopic (exact) mass is 531 g/mol. The van der Waals surface area contributed by atoms with Gasteiger partial charge < -0.3 is 19.1 Å². The Morgan fingerprint density at radius 1 is 1.19 bits per heavy atom. The topological polar surface area (TPSA) is 127 Å². The van der Waals surface area contributed by atoms with Crippen LogP contribution in [0.2, 0.25) is 0 Å². The number of para-hydroxylation sites is 1. The first-order chi connectivity index (χ1) is 17.4. The molecular weight excluding hydrogens is 497 g/mol. The molecule has 3 rings (SSSR count). The summed E-state index contributed by atoms with van der Waals surface area (Å²) in [6.07, 6.45) is 0.943. The Balaban J connectivity index is 2.15. The van der Waals surface area contributed by atoms with Gasteiger partial charge >= 0.3 is 11.9 Å². The van der Waals surface area contributed by atoms with Gasteiger partial charge in [-0.3, -0.25) is 14.2 Å². The number of ether oxygens (including phenoxy) is 2. The number of hydrogen-bond donors (Lipinski definition) is 2. The number of esters is 1. The lowest BCUT2D eigenvalue weighted by atomic mass is 10.0. The molecule has 1 aromatic heterocycles. The molecule has 2 atom stereocenters. The first kappa shape index (κ1) is 28.4. The zero-order valence-electron chi connectivity index (χ0n) is 22.2. The van der Waals surface area contributed by atoms with E-state index < -0.39 is 31.3 Å². The Morgan fingerprint density at radius 2 is 1.84 bits per heavy atom. The molecule has 2 aromatic rings. The number of amides is 1. The van der Waals surface area contributed by atoms with Gasteiger partial charge in [-0.25, -0.2) is 14.6 Å². The number of aromatic carboxylic acids is 1. The van der Waals surface area contributed by atoms with Crippen molar-refractivity contribution >= 4 is 42.6 Å². The van der Waals surface area contributed by atoms with Crippen molar-refractivity contribution in [3.8, 4) is 0 Å². The van der Waals surface area contributed by atoms with E-state index in [2.05, 4.69) is 5.09 Å². The predicted molar refractivity (Wildman–Crippen MR) is 142 cm³/mol. The first-order valence-electron chi connectivity index (χ1n) is 12.0. The standard InChI is InChI=1S/C26H34N3O7P/c1-8-28-18(6)23(25(31)32)16(4)22(28)13-20-19-11-9-10-12-21(19)29(24(20)30)37(34,14-35-7)27-17(5)26(33)36-15(2)3/h9-13,15,17H,8,14H2,1-7H3,(H,27,34)(H,31,32)/b20-13-/t17-,37?/m0/s1. The van der Waals surface area contributed by atoms with Crippen molar-refractivity contribution in [2.24, 2.45) is 0 Å². The second-order valence-corrected chi connectivity index (χ2v) is 11.5. The molecule has 1 aromatic carbocycles. The molecule has 1 aliphatic heterocycles. The van der Waals surface area contributed by atoms with Crippen LogP contribution < -0.4 is 9.76 Å². The van der Waals surface area contributed by atoms with Crippen molar-refractivity contribution < 1.29 is 33.5 Å². The summed E-state index contributed by atoms with van der Waals surface area (Å²) >= 11 is 0. The molecular formula is C26H34N3O7P. The van der Waals surface area contributed by atoms with E-state index in [1.54, 1.807) is 58.0 Å². The molecule has 1 amide bonds. The summed E-state index contributed by atoms with van der Waals surface area (Å²) in [4.78, 5) is 38.3. The second-order valence-electron chi connectivity index (χ2n) is 9.17. The molecule has 0 bridgehead atoms. The SMILES string of the molecule is CCn1c(C)c(C(=O)O)c(C)c1/C=C1\C(=O)N(P(=O)(COC)N[C@@H](C)C(=O)OC(C)C)c2ccccc21. The number of hydrogen-bond acceptors (Lipinski definition) is 6. The van der Waals surface area contributed by atoms with E-state index in [1.807, 2.05) is 11.5 Å². The average molecular weight is 532 g/mol. The number of carbonyl (C=O) groups is 3. The number of aromatic nitrogens is 1. The lowest BCUT2D eigenvalue weighted by molar-refractivity contribution is -0.149. The molecule has 0 fully saturated rings. The predicted octanol–water partition coefficient (Wildman–Crippen LogP) is 4.44. The van der Waals surface area contributed by atoms with E-state index >= 15 is 0 Å². The number of methoxy groups -OCH3 is 1. The summed E-state index contributed by atoms with van der Waals surface area (Å²) in [5, 5.41) is 12.5. The highest BCUT2D eigenvalue weighted by Gasteiger charge is 2.45. The Bertz CT molecular complexity index is 1310. The number of carbonyl (C=O) groups excluding carboxylic acids is 2. The molecule has 0 radical (unpaired) electrons. The summed E-state index contributed by atoms with van der Waals surface area (Å²) < 4.78 is 27.7. The van der Waals surface area contributed by atoms with Crippen LogP contribution in [0.15, 0.2) is 24.3 Å². The van der Waals surface area contributed by atoms with Crippen LogP contribution >= 0.6 is 7.44 Å². The van der Waals surface area contributed by atoms with Gasteiger partial charge in [0.2, 0.25) is 0 Å². The van der Waals surface area contributed by atoms with Crippen molar-refractivity contribution in [2.45, 2.75) is 60.2 Å². The third-order valence-corrected chi connectivity index (χ3v) is 8.64. The lowest BCUT2D eigenvalue weighted by Gasteiger charge is -2.30. The zero-order valence-corrected chi connectivity index (χ0v) is 23.1. The van der Waals surface area contributed by atoms with Crippen LogP contribution in [0, 0.1) is 13.8 Å². The minimum absolute atomic E-state index is 0.188. The average Bonchev–Trinajstić information content (AvgIpc) is 3.23. The third-order valence-electron chi connectivity index (χ3n) is 6.20. The van der Waals surface area contributed by atoms with Crippen molar-refractivity contribution in [2.75, 3.05) is 18.1 Å². The quantitative estimate of drug-likeness (QED) is 0.262. The van der Waals surface area contributed by atoms with Gasteiger partial charge in [-0.05, 0) is 59.2 Å². The van der Waals surface area contributed by atoms with Crippen molar-refractivity contribution in [1.29, 1.82) is 0 Å². The maximum atomic E-state index is 14.3. The van der Waals surface area contributed by atoms with Crippen LogP contribution in [-0.2, 0) is 30.2 Å². The number of nitrogens with one attached hydrogen (secondary N) is 1. The molecule has 37 heavy (non-hydrogen) atoms. The van der Waals surface area contributed by atoms with Crippen molar-refractivity contribution in [1.82, 2.24) is 9.65 Å². The fraction of sp³-hybridized carbons (Fsp3) is 0.423. The van der Waals surface area contributed by atoms with E-state index in [1.165, 1.54) is 14.0 Å². The Morgan fingerprint density at radius 3 is 2.41 bits per heavy atom. The molecule has 0 spiro atoms. The molecule has 0 aliphatic carbocycles. The molecule has 1 unspecified atom stereocenters. The molecule has 0 saturated carbocycles. The summed E-state index contributed by atoms with van der Waals surface area (Å²) in [5.41, 5.74) is 3.09. The van der Waals surface area contributed by atoms with Gasteiger partial charge in [0.25, 0.3) is 13.4 Å². The van der Waals surface area contributed by atoms with Gasteiger partial charge in [0.05, 0.1) is 22.9 Å². The largest absolute Gasteiger partial charge is 0.478 e. The number of anilines is 1. The number of fused-ring (bicyclic) bond motifs is 1. The summed E-state index contributed by atoms with van der Waals surface area (Å²) in [6, 6.07) is 5.93. The lowest BCUT2D eigenvalue weighted by Crippen LogP contribution is -2.41. The van der Waals surface area contributed by atoms with E-state index in [-0.39, 0.29) is 23.6 Å². The van der Waals surface area contributed by atoms with E-state index in [0.717, 1.165) is 4.67 Å². The van der Waals surface area contributed by atoms with E-state index in [0.29, 0.717) is 34.7 Å². The molecule has 0 saturated heterocycles. The number of nitrogens with zero attached hydrogens (tertiary/aromatic N) is 2. The van der Waals surface area contributed by atoms with E-state index in [4.69, 9.17) is 9.47 Å². The highest BCUT2D eigenvalue weighted by molar-refractivity contribution is 7.64. The van der Waals surface area contributed by atoms with Gasteiger partial charge in [0, 0.05) is 30.6 Å². The smallest absolute Gasteiger partial charge is 0.337 e. The van der Waals surface area contributed by atoms with Gasteiger partial charge in [0.1, 0.15) is 12.4 Å². The maximum absolute atomic E-state index is 14.3. The van der Waals surface area contributed by atoms with Crippen LogP contribution in [0.5, 0.6) is 0 Å². The van der Waals surface area contributed by atoms with E-state index in [9.17, 15) is 24.1 Å². The molecule has 10 nitrogen and oxygen atoms in total. The number of carboxylic acid groups (broad SMARTS) is 1. The fourth-order valence-corrected chi connectivity index (χ4v) is 6.96.